The van der Waals surface area contributed by atoms with Crippen LogP contribution >= 0.6 is 23.2 Å². The molecule has 3 heterocycles. The van der Waals surface area contributed by atoms with Gasteiger partial charge in [0.15, 0.2) is 5.65 Å². The average molecular weight is 448 g/mol. The molecule has 1 aliphatic heterocycles. The lowest BCUT2D eigenvalue weighted by Gasteiger charge is -2.25. The summed E-state index contributed by atoms with van der Waals surface area (Å²) in [4.78, 5) is 17.6. The molecule has 1 fully saturated rings. The van der Waals surface area contributed by atoms with Gasteiger partial charge in [-0.25, -0.2) is 9.67 Å². The predicted molar refractivity (Wildman–Crippen MR) is 118 cm³/mol. The van der Waals surface area contributed by atoms with Gasteiger partial charge in [0.1, 0.15) is 0 Å². The van der Waals surface area contributed by atoms with Crippen molar-refractivity contribution < 1.29 is 9.53 Å². The number of fused-ring (bicyclic) bond motifs is 1. The molecule has 1 aromatic carbocycles. The fraction of sp³-hybridized carbons (Fsp3) is 0.381. The molecule has 1 saturated heterocycles. The van der Waals surface area contributed by atoms with Crippen LogP contribution in [0.5, 0.6) is 0 Å². The molecule has 0 aliphatic carbocycles. The van der Waals surface area contributed by atoms with Crippen molar-refractivity contribution in [1.29, 1.82) is 0 Å². The molecule has 0 unspecified atom stereocenters. The first-order valence-corrected chi connectivity index (χ1v) is 10.7. The molecular formula is C21H23Cl2N5O2. The number of aromatic nitrogens is 3. The maximum Gasteiger partial charge on any atom is 0.255 e. The Labute approximate surface area is 184 Å². The van der Waals surface area contributed by atoms with Crippen LogP contribution in [-0.4, -0.2) is 39.9 Å². The van der Waals surface area contributed by atoms with E-state index in [0.717, 1.165) is 35.1 Å². The second-order valence-electron chi connectivity index (χ2n) is 7.21. The molecule has 3 aromatic rings. The van der Waals surface area contributed by atoms with Crippen LogP contribution in [0, 0.1) is 0 Å². The van der Waals surface area contributed by atoms with Gasteiger partial charge in [-0.1, -0.05) is 29.3 Å². The molecule has 7 nitrogen and oxygen atoms in total. The number of carbonyl (C=O) groups excluding carboxylic acids is 1. The predicted octanol–water partition coefficient (Wildman–Crippen LogP) is 4.28. The van der Waals surface area contributed by atoms with Crippen LogP contribution in [-0.2, 0) is 17.8 Å². The van der Waals surface area contributed by atoms with E-state index in [2.05, 4.69) is 20.7 Å². The Bertz CT molecular complexity index is 1060. The Kier molecular flexibility index (Phi) is 6.41. The molecule has 1 amide bonds. The highest BCUT2D eigenvalue weighted by Gasteiger charge is 2.22. The highest BCUT2D eigenvalue weighted by Crippen LogP contribution is 2.28. The van der Waals surface area contributed by atoms with Gasteiger partial charge in [0.05, 0.1) is 32.9 Å². The van der Waals surface area contributed by atoms with E-state index < -0.39 is 0 Å². The Morgan fingerprint density at radius 3 is 2.77 bits per heavy atom. The number of benzene rings is 1. The van der Waals surface area contributed by atoms with Crippen LogP contribution in [0.2, 0.25) is 10.0 Å². The first-order valence-electron chi connectivity index (χ1n) is 9.97. The lowest BCUT2D eigenvalue weighted by atomic mass is 10.1. The van der Waals surface area contributed by atoms with E-state index in [1.54, 1.807) is 24.5 Å². The molecule has 0 atom stereocenters. The van der Waals surface area contributed by atoms with E-state index in [9.17, 15) is 4.79 Å². The third-order valence-corrected chi connectivity index (χ3v) is 5.96. The highest BCUT2D eigenvalue weighted by molar-refractivity contribution is 6.42. The molecule has 0 bridgehead atoms. The number of aryl methyl sites for hydroxylation is 1. The summed E-state index contributed by atoms with van der Waals surface area (Å²) >= 11 is 12.0. The number of pyridine rings is 1. The lowest BCUT2D eigenvalue weighted by molar-refractivity contribution is 0.0904. The number of ether oxygens (including phenoxy) is 1. The van der Waals surface area contributed by atoms with Crippen molar-refractivity contribution in [2.24, 2.45) is 0 Å². The van der Waals surface area contributed by atoms with Gasteiger partial charge in [0.25, 0.3) is 5.91 Å². The molecular weight excluding hydrogens is 425 g/mol. The molecule has 158 valence electrons. The Balaban J connectivity index is 1.61. The lowest BCUT2D eigenvalue weighted by Crippen LogP contribution is -2.30. The molecule has 2 aromatic heterocycles. The van der Waals surface area contributed by atoms with Gasteiger partial charge in [-0.3, -0.25) is 4.79 Å². The molecule has 2 N–H and O–H groups in total. The summed E-state index contributed by atoms with van der Waals surface area (Å²) in [6.45, 7) is 4.46. The monoisotopic (exact) mass is 447 g/mol. The van der Waals surface area contributed by atoms with Crippen molar-refractivity contribution in [3.05, 3.63) is 51.8 Å². The first kappa shape index (κ1) is 20.9. The third-order valence-electron chi connectivity index (χ3n) is 5.22. The fourth-order valence-corrected chi connectivity index (χ4v) is 3.88. The van der Waals surface area contributed by atoms with E-state index >= 15 is 0 Å². The fourth-order valence-electron chi connectivity index (χ4n) is 3.56. The largest absolute Gasteiger partial charge is 0.381 e. The molecule has 0 saturated carbocycles. The molecule has 30 heavy (non-hydrogen) atoms. The summed E-state index contributed by atoms with van der Waals surface area (Å²) in [5.41, 5.74) is 2.88. The zero-order chi connectivity index (χ0) is 21.1. The molecule has 0 spiro atoms. The van der Waals surface area contributed by atoms with Gasteiger partial charge < -0.3 is 15.4 Å². The number of rotatable bonds is 6. The summed E-state index contributed by atoms with van der Waals surface area (Å²) in [7, 11) is 0. The van der Waals surface area contributed by atoms with Gasteiger partial charge in [0, 0.05) is 38.5 Å². The number of hydrogen-bond acceptors (Lipinski definition) is 5. The smallest absolute Gasteiger partial charge is 0.255 e. The minimum atomic E-state index is -0.214. The zero-order valence-electron chi connectivity index (χ0n) is 16.6. The van der Waals surface area contributed by atoms with Gasteiger partial charge in [-0.05, 0) is 37.5 Å². The number of hydrogen-bond donors (Lipinski definition) is 2. The van der Waals surface area contributed by atoms with E-state index in [0.29, 0.717) is 41.9 Å². The van der Waals surface area contributed by atoms with Crippen molar-refractivity contribution in [1.82, 2.24) is 20.1 Å². The van der Waals surface area contributed by atoms with Crippen LogP contribution in [0.4, 0.5) is 5.69 Å². The quantitative estimate of drug-likeness (QED) is 0.589. The van der Waals surface area contributed by atoms with Crippen LogP contribution in [0.25, 0.3) is 11.0 Å². The summed E-state index contributed by atoms with van der Waals surface area (Å²) in [6.07, 6.45) is 5.15. The number of amides is 1. The molecule has 0 radical (unpaired) electrons. The van der Waals surface area contributed by atoms with E-state index in [-0.39, 0.29) is 11.9 Å². The molecule has 1 aliphatic rings. The number of nitrogens with zero attached hydrogens (tertiary/aromatic N) is 3. The first-order chi connectivity index (χ1) is 14.6. The number of anilines is 1. The number of nitrogens with one attached hydrogen (secondary N) is 2. The zero-order valence-corrected chi connectivity index (χ0v) is 18.1. The van der Waals surface area contributed by atoms with Crippen LogP contribution in [0.15, 0.2) is 30.6 Å². The summed E-state index contributed by atoms with van der Waals surface area (Å²) < 4.78 is 7.28. The van der Waals surface area contributed by atoms with E-state index in [1.165, 1.54) is 0 Å². The van der Waals surface area contributed by atoms with Crippen molar-refractivity contribution >= 4 is 45.8 Å². The van der Waals surface area contributed by atoms with Crippen LogP contribution < -0.4 is 10.6 Å². The van der Waals surface area contributed by atoms with Crippen molar-refractivity contribution in [3.8, 4) is 0 Å². The van der Waals surface area contributed by atoms with E-state index in [1.807, 2.05) is 17.7 Å². The Hall–Kier alpha value is -2.35. The van der Waals surface area contributed by atoms with Crippen molar-refractivity contribution in [2.75, 3.05) is 18.5 Å². The van der Waals surface area contributed by atoms with Gasteiger partial charge in [-0.2, -0.15) is 5.10 Å². The van der Waals surface area contributed by atoms with E-state index in [4.69, 9.17) is 27.9 Å². The van der Waals surface area contributed by atoms with Gasteiger partial charge in [-0.15, -0.1) is 0 Å². The standard InChI is InChI=1S/C21H23Cl2N5O2/c1-2-28-20-15(12-26-28)19(27-14-5-7-30-8-6-14)16(11-24-20)21(29)25-10-13-3-4-17(22)18(23)9-13/h3-4,9,11-12,14H,2,5-8,10H2,1H3,(H,24,27)(H,25,29). The van der Waals surface area contributed by atoms with Crippen molar-refractivity contribution in [2.45, 2.75) is 38.9 Å². The average Bonchev–Trinajstić information content (AvgIpc) is 3.19. The Morgan fingerprint density at radius 2 is 2.03 bits per heavy atom. The topological polar surface area (TPSA) is 81.1 Å². The summed E-state index contributed by atoms with van der Waals surface area (Å²) in [5.74, 6) is -0.214. The molecule has 4 rings (SSSR count). The number of carbonyl (C=O) groups is 1. The second-order valence-corrected chi connectivity index (χ2v) is 8.02. The number of halogens is 2. The summed E-state index contributed by atoms with van der Waals surface area (Å²) in [6, 6.07) is 5.53. The second kappa shape index (κ2) is 9.20. The van der Waals surface area contributed by atoms with Crippen LogP contribution in [0.3, 0.4) is 0 Å². The minimum Gasteiger partial charge on any atom is -0.381 e. The molecule has 9 heteroatoms. The maximum absolute atomic E-state index is 13.1. The van der Waals surface area contributed by atoms with Gasteiger partial charge >= 0.3 is 0 Å². The normalized spacial score (nSPS) is 14.8. The maximum atomic E-state index is 13.1. The highest BCUT2D eigenvalue weighted by atomic mass is 35.5. The third kappa shape index (κ3) is 4.38. The van der Waals surface area contributed by atoms with Gasteiger partial charge in [0.2, 0.25) is 0 Å². The minimum absolute atomic E-state index is 0.214. The van der Waals surface area contributed by atoms with Crippen molar-refractivity contribution in [3.63, 3.8) is 0 Å². The van der Waals surface area contributed by atoms with Crippen LogP contribution in [0.1, 0.15) is 35.7 Å². The SMILES string of the molecule is CCn1ncc2c(NC3CCOCC3)c(C(=O)NCc3ccc(Cl)c(Cl)c3)cnc21. The Morgan fingerprint density at radius 1 is 1.23 bits per heavy atom. The summed E-state index contributed by atoms with van der Waals surface area (Å²) in [5, 5.41) is 12.7.